The number of halogens is 1. The lowest BCUT2D eigenvalue weighted by Crippen LogP contribution is -2.26. The Bertz CT molecular complexity index is 445. The lowest BCUT2D eigenvalue weighted by molar-refractivity contribution is 0.0919. The predicted molar refractivity (Wildman–Crippen MR) is 76.3 cm³/mol. The van der Waals surface area contributed by atoms with Gasteiger partial charge in [-0.25, -0.2) is 4.98 Å². The number of rotatable bonds is 3. The van der Waals surface area contributed by atoms with Crippen LogP contribution in [0.15, 0.2) is 4.79 Å². The van der Waals surface area contributed by atoms with Gasteiger partial charge in [-0.3, -0.25) is 4.79 Å². The number of hydrogen-bond donors (Lipinski definition) is 1. The van der Waals surface area contributed by atoms with Gasteiger partial charge in [-0.1, -0.05) is 27.7 Å². The molecule has 4 nitrogen and oxygen atoms in total. The second-order valence-electron chi connectivity index (χ2n) is 5.00. The van der Waals surface area contributed by atoms with E-state index in [-0.39, 0.29) is 17.1 Å². The molecule has 1 N–H and O–H groups in total. The Hall–Kier alpha value is -0.430. The summed E-state index contributed by atoms with van der Waals surface area (Å²) in [4.78, 5) is 19.2. The molecule has 0 spiro atoms. The first kappa shape index (κ1) is 14.6. The monoisotopic (exact) mass is 350 g/mol. The minimum atomic E-state index is -0.152. The molecular weight excluding hydrogens is 331 g/mol. The molecule has 0 bridgehead atoms. The lowest BCUT2D eigenvalue weighted by atomic mass is 9.92. The van der Waals surface area contributed by atoms with Crippen LogP contribution in [0.25, 0.3) is 0 Å². The van der Waals surface area contributed by atoms with Crippen molar-refractivity contribution in [2.24, 2.45) is 0 Å². The molecule has 1 unspecified atom stereocenters. The molecule has 0 amide bonds. The van der Waals surface area contributed by atoms with Gasteiger partial charge < -0.3 is 9.72 Å². The molecule has 0 fully saturated rings. The van der Waals surface area contributed by atoms with Gasteiger partial charge in [0.1, 0.15) is 15.5 Å². The highest BCUT2D eigenvalue weighted by atomic mass is 127. The molecule has 5 heteroatoms. The van der Waals surface area contributed by atoms with E-state index in [0.717, 1.165) is 12.1 Å². The van der Waals surface area contributed by atoms with Crippen LogP contribution in [-0.4, -0.2) is 17.1 Å². The van der Waals surface area contributed by atoms with Crippen molar-refractivity contribution >= 4 is 22.6 Å². The van der Waals surface area contributed by atoms with Crippen molar-refractivity contribution in [1.82, 2.24) is 9.97 Å². The van der Waals surface area contributed by atoms with Gasteiger partial charge in [0.15, 0.2) is 0 Å². The first-order valence-corrected chi connectivity index (χ1v) is 6.72. The van der Waals surface area contributed by atoms with Crippen LogP contribution in [0.3, 0.4) is 0 Å². The molecule has 1 heterocycles. The molecule has 96 valence electrons. The fraction of sp³-hybridized carbons (Fsp3) is 0.667. The standard InChI is InChI=1S/C12H19IN2O2/c1-6-7(17-5)10-14-9(12(2,3)4)8(13)11(16)15-10/h7H,6H2,1-5H3,(H,14,15,16). The van der Waals surface area contributed by atoms with Crippen LogP contribution in [-0.2, 0) is 10.2 Å². The first-order valence-electron chi connectivity index (χ1n) is 5.64. The molecule has 1 aromatic rings. The van der Waals surface area contributed by atoms with Crippen molar-refractivity contribution in [2.45, 2.75) is 45.6 Å². The average Bonchev–Trinajstić information content (AvgIpc) is 2.23. The van der Waals surface area contributed by atoms with Crippen LogP contribution in [0.1, 0.15) is 51.7 Å². The largest absolute Gasteiger partial charge is 0.374 e. The van der Waals surface area contributed by atoms with E-state index in [2.05, 4.69) is 30.7 Å². The Morgan fingerprint density at radius 1 is 1.47 bits per heavy atom. The van der Waals surface area contributed by atoms with Gasteiger partial charge in [0.25, 0.3) is 5.56 Å². The van der Waals surface area contributed by atoms with Crippen LogP contribution in [0.2, 0.25) is 0 Å². The number of nitrogens with zero attached hydrogens (tertiary/aromatic N) is 1. The van der Waals surface area contributed by atoms with Gasteiger partial charge in [-0.05, 0) is 29.0 Å². The summed E-state index contributed by atoms with van der Waals surface area (Å²) in [6.45, 7) is 8.15. The Kier molecular flexibility index (Phi) is 4.71. The predicted octanol–water partition coefficient (Wildman–Crippen LogP) is 2.77. The second kappa shape index (κ2) is 5.48. The van der Waals surface area contributed by atoms with Crippen molar-refractivity contribution in [3.63, 3.8) is 0 Å². The van der Waals surface area contributed by atoms with Gasteiger partial charge in [-0.2, -0.15) is 0 Å². The number of H-pyrrole nitrogens is 1. The maximum absolute atomic E-state index is 11.9. The number of nitrogens with one attached hydrogen (secondary N) is 1. The minimum absolute atomic E-state index is 0.0870. The van der Waals surface area contributed by atoms with Crippen LogP contribution < -0.4 is 5.56 Å². The van der Waals surface area contributed by atoms with Gasteiger partial charge >= 0.3 is 0 Å². The summed E-state index contributed by atoms with van der Waals surface area (Å²) in [5.41, 5.74) is 0.592. The molecule has 1 aromatic heterocycles. The van der Waals surface area contributed by atoms with Crippen molar-refractivity contribution in [3.05, 3.63) is 25.4 Å². The summed E-state index contributed by atoms with van der Waals surface area (Å²) in [7, 11) is 1.63. The number of methoxy groups -OCH3 is 1. The van der Waals surface area contributed by atoms with E-state index in [1.807, 2.05) is 29.5 Å². The number of aromatic nitrogens is 2. The summed E-state index contributed by atoms with van der Waals surface area (Å²) in [5.74, 6) is 0.616. The SMILES string of the molecule is CCC(OC)c1nc(C(C)(C)C)c(I)c(=O)[nH]1. The Morgan fingerprint density at radius 3 is 2.47 bits per heavy atom. The van der Waals surface area contributed by atoms with E-state index in [4.69, 9.17) is 4.74 Å². The summed E-state index contributed by atoms with van der Waals surface area (Å²) < 4.78 is 5.97. The summed E-state index contributed by atoms with van der Waals surface area (Å²) in [6.07, 6.45) is 0.629. The third kappa shape index (κ3) is 3.28. The normalized spacial score (nSPS) is 13.8. The van der Waals surface area contributed by atoms with E-state index in [1.165, 1.54) is 0 Å². The highest BCUT2D eigenvalue weighted by molar-refractivity contribution is 14.1. The van der Waals surface area contributed by atoms with Crippen LogP contribution >= 0.6 is 22.6 Å². The van der Waals surface area contributed by atoms with E-state index in [1.54, 1.807) is 7.11 Å². The quantitative estimate of drug-likeness (QED) is 0.853. The van der Waals surface area contributed by atoms with E-state index in [0.29, 0.717) is 9.39 Å². The fourth-order valence-electron chi connectivity index (χ4n) is 1.60. The third-order valence-corrected chi connectivity index (χ3v) is 3.55. The zero-order chi connectivity index (χ0) is 13.2. The Balaban J connectivity index is 3.39. The van der Waals surface area contributed by atoms with Gasteiger partial charge in [-0.15, -0.1) is 0 Å². The Labute approximate surface area is 115 Å². The summed E-state index contributed by atoms with van der Waals surface area (Å²) in [6, 6.07) is 0. The third-order valence-electron chi connectivity index (χ3n) is 2.55. The van der Waals surface area contributed by atoms with Gasteiger partial charge in [0.2, 0.25) is 0 Å². The Morgan fingerprint density at radius 2 is 2.06 bits per heavy atom. The molecule has 0 saturated heterocycles. The summed E-state index contributed by atoms with van der Waals surface area (Å²) in [5, 5.41) is 0. The van der Waals surface area contributed by atoms with Crippen LogP contribution in [0, 0.1) is 3.57 Å². The van der Waals surface area contributed by atoms with Crippen molar-refractivity contribution in [2.75, 3.05) is 7.11 Å². The van der Waals surface area contributed by atoms with Crippen molar-refractivity contribution < 1.29 is 4.74 Å². The van der Waals surface area contributed by atoms with E-state index in [9.17, 15) is 4.79 Å². The number of aromatic amines is 1. The molecule has 0 saturated carbocycles. The molecule has 1 rings (SSSR count). The topological polar surface area (TPSA) is 55.0 Å². The number of hydrogen-bond acceptors (Lipinski definition) is 3. The van der Waals surface area contributed by atoms with Gasteiger partial charge in [0, 0.05) is 12.5 Å². The maximum Gasteiger partial charge on any atom is 0.264 e. The molecule has 17 heavy (non-hydrogen) atoms. The van der Waals surface area contributed by atoms with E-state index < -0.39 is 0 Å². The zero-order valence-electron chi connectivity index (χ0n) is 10.9. The lowest BCUT2D eigenvalue weighted by Gasteiger charge is -2.21. The molecule has 0 aliphatic carbocycles. The highest BCUT2D eigenvalue weighted by Gasteiger charge is 2.23. The molecule has 0 aliphatic rings. The fourth-order valence-corrected chi connectivity index (χ4v) is 2.66. The molecular formula is C12H19IN2O2. The summed E-state index contributed by atoms with van der Waals surface area (Å²) >= 11 is 2.05. The first-order chi connectivity index (χ1) is 7.81. The zero-order valence-corrected chi connectivity index (χ0v) is 13.1. The van der Waals surface area contributed by atoms with Crippen molar-refractivity contribution in [1.29, 1.82) is 0 Å². The molecule has 0 aromatic carbocycles. The smallest absolute Gasteiger partial charge is 0.264 e. The number of ether oxygens (including phenoxy) is 1. The van der Waals surface area contributed by atoms with E-state index >= 15 is 0 Å². The maximum atomic E-state index is 11.9. The second-order valence-corrected chi connectivity index (χ2v) is 6.08. The highest BCUT2D eigenvalue weighted by Crippen LogP contribution is 2.25. The van der Waals surface area contributed by atoms with Gasteiger partial charge in [0.05, 0.1) is 5.69 Å². The van der Waals surface area contributed by atoms with Crippen molar-refractivity contribution in [3.8, 4) is 0 Å². The minimum Gasteiger partial charge on any atom is -0.374 e. The average molecular weight is 350 g/mol. The molecule has 1 atom stereocenters. The van der Waals surface area contributed by atoms with Crippen LogP contribution in [0.5, 0.6) is 0 Å². The molecule has 0 aliphatic heterocycles. The molecule has 0 radical (unpaired) electrons. The van der Waals surface area contributed by atoms with Crippen LogP contribution in [0.4, 0.5) is 0 Å².